The highest BCUT2D eigenvalue weighted by Crippen LogP contribution is 2.51. The predicted molar refractivity (Wildman–Crippen MR) is 313 cm³/mol. The van der Waals surface area contributed by atoms with Crippen LogP contribution in [-0.2, 0) is 29.5 Å². The van der Waals surface area contributed by atoms with Gasteiger partial charge >= 0.3 is 0 Å². The first-order valence-corrected chi connectivity index (χ1v) is 33.8. The molecule has 1 unspecified atom stereocenters. The van der Waals surface area contributed by atoms with E-state index in [1.807, 2.05) is 66.7 Å². The molecule has 0 spiro atoms. The van der Waals surface area contributed by atoms with Crippen molar-refractivity contribution in [2.75, 3.05) is 17.3 Å². The molecule has 406 valence electrons. The Morgan fingerprint density at radius 3 is 1.20 bits per heavy atom. The maximum Gasteiger partial charge on any atom is 0.179 e. The van der Waals surface area contributed by atoms with Gasteiger partial charge in [-0.1, -0.05) is 207 Å². The highest BCUT2D eigenvalue weighted by atomic mass is 32.2. The minimum absolute atomic E-state index is 0.104. The summed E-state index contributed by atoms with van der Waals surface area (Å²) < 4.78 is 79.3. The standard InChI is InChI=1S/C22H32O2S.2C22H28O2S/c3*1-3-5-15-22(4-2)16-20(18-11-7-6-8-12-18)19-13-9-10-14-21(19)25(23,24)17-22/h9-10,13-14H,3-8,11-12,15-17H2,1-2H3;2*6-14,20H,3-5,15-17H2,1-2H3/t;20-,22+;20-,22-/m.10/s1. The molecule has 3 aliphatic heterocycles. The van der Waals surface area contributed by atoms with Gasteiger partial charge in [-0.2, -0.15) is 0 Å². The number of rotatable bonds is 14. The van der Waals surface area contributed by atoms with E-state index >= 15 is 0 Å². The van der Waals surface area contributed by atoms with Crippen molar-refractivity contribution in [3.63, 3.8) is 0 Å². The predicted octanol–water partition coefficient (Wildman–Crippen LogP) is 17.3. The highest BCUT2D eigenvalue weighted by Gasteiger charge is 2.44. The Balaban J connectivity index is 0.000000164. The molecule has 1 fully saturated rings. The zero-order valence-electron chi connectivity index (χ0n) is 46.3. The third-order valence-corrected chi connectivity index (χ3v) is 23.9. The summed E-state index contributed by atoms with van der Waals surface area (Å²) in [6, 6.07) is 43.8. The number of sulfone groups is 3. The third kappa shape index (κ3) is 13.9. The molecule has 0 radical (unpaired) electrons. The summed E-state index contributed by atoms with van der Waals surface area (Å²) in [6.07, 6.45) is 21.2. The van der Waals surface area contributed by atoms with E-state index in [1.54, 1.807) is 12.1 Å². The Kier molecular flexibility index (Phi) is 20.2. The fourth-order valence-electron chi connectivity index (χ4n) is 13.2. The minimum atomic E-state index is -3.27. The van der Waals surface area contributed by atoms with Gasteiger partial charge in [0, 0.05) is 11.8 Å². The van der Waals surface area contributed by atoms with Crippen molar-refractivity contribution in [3.05, 3.63) is 167 Å². The van der Waals surface area contributed by atoms with Gasteiger partial charge in [-0.25, -0.2) is 25.3 Å². The zero-order chi connectivity index (χ0) is 53.7. The molecular weight excluding hydrogens is 985 g/mol. The van der Waals surface area contributed by atoms with Crippen LogP contribution >= 0.6 is 0 Å². The molecule has 9 heteroatoms. The Hall–Kier alpha value is -4.31. The van der Waals surface area contributed by atoms with Crippen molar-refractivity contribution >= 4 is 35.1 Å². The van der Waals surface area contributed by atoms with Crippen LogP contribution in [0.3, 0.4) is 0 Å². The van der Waals surface area contributed by atoms with E-state index in [2.05, 4.69) is 96.1 Å². The number of hydrogen-bond donors (Lipinski definition) is 0. The quantitative estimate of drug-likeness (QED) is 0.110. The summed E-state index contributed by atoms with van der Waals surface area (Å²) >= 11 is 0. The Morgan fingerprint density at radius 1 is 0.413 bits per heavy atom. The lowest BCUT2D eigenvalue weighted by Gasteiger charge is -2.34. The SMILES string of the molecule is CCCCC1(CC)CC(=C2CCCCC2)c2ccccc2S(=O)(=O)C1.CCCC[C@@]1(CC)C[C@@H](c2ccccc2)c2ccccc2S(=O)(=O)C1.CCCC[C@@]1(CC)C[C@H](c2ccccc2)c2ccccc2S(=O)(=O)C1. The van der Waals surface area contributed by atoms with E-state index < -0.39 is 29.5 Å². The molecule has 4 aliphatic rings. The Bertz CT molecular complexity index is 2870. The van der Waals surface area contributed by atoms with Crippen LogP contribution in [0.5, 0.6) is 0 Å². The summed E-state index contributed by atoms with van der Waals surface area (Å²) in [5.74, 6) is 1.15. The second kappa shape index (κ2) is 25.9. The van der Waals surface area contributed by atoms with Crippen LogP contribution in [0.2, 0.25) is 0 Å². The number of allylic oxidation sites excluding steroid dienone is 2. The Labute approximate surface area is 454 Å². The fourth-order valence-corrected chi connectivity index (χ4v) is 20.0. The van der Waals surface area contributed by atoms with Gasteiger partial charge in [-0.3, -0.25) is 0 Å². The van der Waals surface area contributed by atoms with Gasteiger partial charge in [0.1, 0.15) is 0 Å². The van der Waals surface area contributed by atoms with E-state index in [-0.39, 0.29) is 39.6 Å². The summed E-state index contributed by atoms with van der Waals surface area (Å²) in [7, 11) is -9.77. The van der Waals surface area contributed by atoms with Gasteiger partial charge in [0.05, 0.1) is 31.9 Å². The number of hydrogen-bond acceptors (Lipinski definition) is 6. The van der Waals surface area contributed by atoms with Gasteiger partial charge in [0.15, 0.2) is 29.5 Å². The van der Waals surface area contributed by atoms with Gasteiger partial charge in [-0.15, -0.1) is 0 Å². The van der Waals surface area contributed by atoms with Gasteiger partial charge in [-0.05, 0) is 151 Å². The van der Waals surface area contributed by atoms with Crippen molar-refractivity contribution in [3.8, 4) is 0 Å². The van der Waals surface area contributed by atoms with Crippen LogP contribution in [0.4, 0.5) is 0 Å². The molecule has 9 rings (SSSR count). The van der Waals surface area contributed by atoms with Crippen molar-refractivity contribution in [2.45, 2.75) is 196 Å². The van der Waals surface area contributed by atoms with Crippen LogP contribution < -0.4 is 0 Å². The average molecular weight is 1070 g/mol. The lowest BCUT2D eigenvalue weighted by atomic mass is 9.71. The zero-order valence-corrected chi connectivity index (χ0v) is 48.7. The minimum Gasteiger partial charge on any atom is -0.224 e. The fraction of sp³-hybridized carbons (Fsp3) is 0.515. The first-order valence-electron chi connectivity index (χ1n) is 28.8. The molecule has 6 nitrogen and oxygen atoms in total. The van der Waals surface area contributed by atoms with Gasteiger partial charge in [0.2, 0.25) is 0 Å². The molecular formula is C66H88O6S3. The molecule has 5 atom stereocenters. The molecule has 1 aliphatic carbocycles. The van der Waals surface area contributed by atoms with Crippen molar-refractivity contribution in [1.29, 1.82) is 0 Å². The number of fused-ring (bicyclic) bond motifs is 3. The van der Waals surface area contributed by atoms with E-state index in [0.29, 0.717) is 20.4 Å². The first kappa shape index (κ1) is 58.4. The van der Waals surface area contributed by atoms with Gasteiger partial charge in [0.25, 0.3) is 0 Å². The average Bonchev–Trinajstić information content (AvgIpc) is 3.67. The maximum absolute atomic E-state index is 13.2. The molecule has 1 saturated carbocycles. The number of benzene rings is 5. The molecule has 0 amide bonds. The normalized spacial score (nSPS) is 25.5. The smallest absolute Gasteiger partial charge is 0.179 e. The summed E-state index contributed by atoms with van der Waals surface area (Å²) in [5, 5.41) is 0. The van der Waals surface area contributed by atoms with Crippen LogP contribution in [0, 0.1) is 16.2 Å². The molecule has 5 aromatic rings. The monoisotopic (exact) mass is 1070 g/mol. The maximum atomic E-state index is 13.2. The lowest BCUT2D eigenvalue weighted by molar-refractivity contribution is 0.247. The van der Waals surface area contributed by atoms with Crippen LogP contribution in [0.25, 0.3) is 5.57 Å². The molecule has 0 N–H and O–H groups in total. The van der Waals surface area contributed by atoms with Crippen molar-refractivity contribution in [1.82, 2.24) is 0 Å². The Morgan fingerprint density at radius 2 is 0.773 bits per heavy atom. The third-order valence-electron chi connectivity index (χ3n) is 17.8. The van der Waals surface area contributed by atoms with Crippen molar-refractivity contribution < 1.29 is 25.3 Å². The van der Waals surface area contributed by atoms with E-state index in [0.717, 1.165) is 126 Å². The lowest BCUT2D eigenvalue weighted by Crippen LogP contribution is -2.29. The van der Waals surface area contributed by atoms with E-state index in [9.17, 15) is 25.3 Å². The highest BCUT2D eigenvalue weighted by molar-refractivity contribution is 7.92. The molecule has 5 aromatic carbocycles. The molecule has 0 aromatic heterocycles. The van der Waals surface area contributed by atoms with Gasteiger partial charge < -0.3 is 0 Å². The van der Waals surface area contributed by atoms with Crippen molar-refractivity contribution in [2.24, 2.45) is 16.2 Å². The summed E-state index contributed by atoms with van der Waals surface area (Å²) in [4.78, 5) is 1.65. The van der Waals surface area contributed by atoms with E-state index in [1.165, 1.54) is 41.5 Å². The molecule has 3 heterocycles. The summed E-state index contributed by atoms with van der Waals surface area (Å²) in [5.41, 5.74) is 7.91. The van der Waals surface area contributed by atoms with Crippen LogP contribution in [-0.4, -0.2) is 42.5 Å². The number of unbranched alkanes of at least 4 members (excludes halogenated alkanes) is 3. The first-order chi connectivity index (χ1) is 36.0. The topological polar surface area (TPSA) is 102 Å². The molecule has 75 heavy (non-hydrogen) atoms. The molecule has 0 saturated heterocycles. The van der Waals surface area contributed by atoms with E-state index in [4.69, 9.17) is 0 Å². The second-order valence-corrected chi connectivity index (χ2v) is 28.7. The molecule has 0 bridgehead atoms. The summed E-state index contributed by atoms with van der Waals surface area (Å²) in [6.45, 7) is 13.1. The largest absolute Gasteiger partial charge is 0.224 e. The van der Waals surface area contributed by atoms with Crippen LogP contribution in [0.15, 0.2) is 154 Å². The second-order valence-electron chi connectivity index (χ2n) is 22.9. The van der Waals surface area contributed by atoms with Crippen LogP contribution in [0.1, 0.15) is 210 Å².